The predicted molar refractivity (Wildman–Crippen MR) is 116 cm³/mol. The van der Waals surface area contributed by atoms with Gasteiger partial charge in [0.05, 0.1) is 18.5 Å². The van der Waals surface area contributed by atoms with Gasteiger partial charge in [-0.3, -0.25) is 18.9 Å². The third kappa shape index (κ3) is 3.50. The lowest BCUT2D eigenvalue weighted by molar-refractivity contribution is 0.655. The van der Waals surface area contributed by atoms with Gasteiger partial charge in [-0.15, -0.1) is 0 Å². The summed E-state index contributed by atoms with van der Waals surface area (Å²) in [6.07, 6.45) is 3.20. The molecular weight excluding hydrogens is 406 g/mol. The van der Waals surface area contributed by atoms with E-state index in [1.165, 1.54) is 10.8 Å². The Bertz CT molecular complexity index is 1370. The molecule has 1 aromatic carbocycles. The minimum atomic E-state index is -0.478. The van der Waals surface area contributed by atoms with E-state index in [2.05, 4.69) is 20.5 Å². The van der Waals surface area contributed by atoms with E-state index < -0.39 is 11.2 Å². The number of anilines is 1. The Morgan fingerprint density at radius 1 is 1.10 bits per heavy atom. The smallest absolute Gasteiger partial charge is 0.306 e. The highest BCUT2D eigenvalue weighted by molar-refractivity contribution is 6.31. The van der Waals surface area contributed by atoms with E-state index in [-0.39, 0.29) is 17.7 Å². The van der Waals surface area contributed by atoms with E-state index in [4.69, 9.17) is 11.6 Å². The van der Waals surface area contributed by atoms with Crippen molar-refractivity contribution in [2.45, 2.75) is 6.54 Å². The summed E-state index contributed by atoms with van der Waals surface area (Å²) in [5, 5.41) is 4.61. The van der Waals surface area contributed by atoms with Gasteiger partial charge in [-0.2, -0.15) is 10.1 Å². The normalized spacial score (nSPS) is 11.4. The van der Waals surface area contributed by atoms with Gasteiger partial charge in [0.15, 0.2) is 11.2 Å². The number of hydrogen-bond donors (Lipinski definition) is 1. The minimum Gasteiger partial charge on any atom is -0.306 e. The van der Waals surface area contributed by atoms with E-state index in [9.17, 15) is 9.59 Å². The molecule has 9 nitrogen and oxygen atoms in total. The molecule has 30 heavy (non-hydrogen) atoms. The quantitative estimate of drug-likeness (QED) is 0.391. The lowest BCUT2D eigenvalue weighted by atomic mass is 10.2. The zero-order valence-corrected chi connectivity index (χ0v) is 17.0. The Morgan fingerprint density at radius 2 is 1.87 bits per heavy atom. The highest BCUT2D eigenvalue weighted by Gasteiger charge is 2.19. The number of benzene rings is 1. The van der Waals surface area contributed by atoms with Crippen LogP contribution in [0.2, 0.25) is 5.02 Å². The predicted octanol–water partition coefficient (Wildman–Crippen LogP) is 1.98. The number of hydrogen-bond acceptors (Lipinski definition) is 6. The first-order valence-corrected chi connectivity index (χ1v) is 9.45. The second-order valence-electron chi connectivity index (χ2n) is 6.62. The second-order valence-corrected chi connectivity index (χ2v) is 7.02. The molecule has 152 valence electrons. The molecule has 10 heteroatoms. The molecule has 0 atom stereocenters. The number of aryl methyl sites for hydroxylation is 2. The van der Waals surface area contributed by atoms with E-state index in [1.807, 2.05) is 12.1 Å². The van der Waals surface area contributed by atoms with Crippen LogP contribution in [0, 0.1) is 0 Å². The molecule has 4 rings (SSSR count). The summed E-state index contributed by atoms with van der Waals surface area (Å²) in [6, 6.07) is 12.6. The first kappa shape index (κ1) is 19.6. The number of nitrogens with zero attached hydrogens (tertiary/aromatic N) is 6. The molecule has 3 heterocycles. The maximum Gasteiger partial charge on any atom is 0.332 e. The standard InChI is InChI=1S/C20H18ClN7O2/c1-26-16-17(24-19(26)25-23-11-14-8-5-6-10-22-14)27(2)20(30)28(18(16)29)12-13-7-3-4-9-15(13)21/h3-11H,12H2,1-2H3,(H,24,25). The molecule has 1 N–H and O–H groups in total. The Labute approximate surface area is 175 Å². The van der Waals surface area contributed by atoms with E-state index in [0.717, 1.165) is 4.57 Å². The molecule has 4 aromatic rings. The minimum absolute atomic E-state index is 0.0624. The van der Waals surface area contributed by atoms with Gasteiger partial charge in [0, 0.05) is 25.3 Å². The molecule has 0 aliphatic rings. The third-order valence-corrected chi connectivity index (χ3v) is 5.06. The summed E-state index contributed by atoms with van der Waals surface area (Å²) in [5.74, 6) is 0.319. The van der Waals surface area contributed by atoms with Crippen molar-refractivity contribution in [3.8, 4) is 0 Å². The molecule has 0 aliphatic carbocycles. The van der Waals surface area contributed by atoms with Gasteiger partial charge in [-0.05, 0) is 23.8 Å². The fraction of sp³-hybridized carbons (Fsp3) is 0.150. The third-order valence-electron chi connectivity index (χ3n) is 4.70. The fourth-order valence-electron chi connectivity index (χ4n) is 3.09. The lowest BCUT2D eigenvalue weighted by Crippen LogP contribution is -2.39. The number of nitrogens with one attached hydrogen (secondary N) is 1. The van der Waals surface area contributed by atoms with Crippen LogP contribution in [0.1, 0.15) is 11.3 Å². The van der Waals surface area contributed by atoms with Crippen molar-refractivity contribution < 1.29 is 0 Å². The summed E-state index contributed by atoms with van der Waals surface area (Å²) in [4.78, 5) is 34.4. The fourth-order valence-corrected chi connectivity index (χ4v) is 3.28. The van der Waals surface area contributed by atoms with E-state index >= 15 is 0 Å². The first-order chi connectivity index (χ1) is 14.5. The molecular formula is C20H18ClN7O2. The monoisotopic (exact) mass is 423 g/mol. The molecule has 0 spiro atoms. The number of imidazole rings is 1. The molecule has 3 aromatic heterocycles. The SMILES string of the molecule is Cn1c(NN=Cc2ccccn2)nc2c1c(=O)n(Cc1ccccc1Cl)c(=O)n2C. The maximum absolute atomic E-state index is 13.1. The van der Waals surface area contributed by atoms with Crippen LogP contribution in [0.15, 0.2) is 63.4 Å². The highest BCUT2D eigenvalue weighted by atomic mass is 35.5. The van der Waals surface area contributed by atoms with E-state index in [1.54, 1.807) is 55.2 Å². The lowest BCUT2D eigenvalue weighted by Gasteiger charge is -2.09. The van der Waals surface area contributed by atoms with Crippen LogP contribution in [0.4, 0.5) is 5.95 Å². The average Bonchev–Trinajstić information content (AvgIpc) is 3.08. The number of halogens is 1. The van der Waals surface area contributed by atoms with Gasteiger partial charge < -0.3 is 4.57 Å². The molecule has 0 saturated heterocycles. The van der Waals surface area contributed by atoms with Crippen molar-refractivity contribution in [2.75, 3.05) is 5.43 Å². The van der Waals surface area contributed by atoms with Crippen molar-refractivity contribution in [3.05, 3.63) is 85.8 Å². The van der Waals surface area contributed by atoms with Crippen LogP contribution < -0.4 is 16.7 Å². The Balaban J connectivity index is 1.76. The maximum atomic E-state index is 13.1. The zero-order chi connectivity index (χ0) is 21.3. The topological polar surface area (TPSA) is 99.1 Å². The Hall–Kier alpha value is -3.72. The number of fused-ring (bicyclic) bond motifs is 1. The molecule has 0 amide bonds. The van der Waals surface area contributed by atoms with Crippen molar-refractivity contribution >= 4 is 34.9 Å². The van der Waals surface area contributed by atoms with Crippen LogP contribution >= 0.6 is 11.6 Å². The average molecular weight is 424 g/mol. The Kier molecular flexibility index (Phi) is 5.20. The molecule has 0 fully saturated rings. The summed E-state index contributed by atoms with van der Waals surface area (Å²) < 4.78 is 4.04. The van der Waals surface area contributed by atoms with Gasteiger partial charge in [0.25, 0.3) is 5.56 Å². The van der Waals surface area contributed by atoms with Gasteiger partial charge in [0.1, 0.15) is 0 Å². The number of pyridine rings is 1. The molecule has 0 radical (unpaired) electrons. The molecule has 0 saturated carbocycles. The van der Waals surface area contributed by atoms with Crippen molar-refractivity contribution in [1.29, 1.82) is 0 Å². The van der Waals surface area contributed by atoms with Crippen molar-refractivity contribution in [1.82, 2.24) is 23.7 Å². The summed E-state index contributed by atoms with van der Waals surface area (Å²) in [6.45, 7) is 0.0624. The van der Waals surface area contributed by atoms with Gasteiger partial charge in [-0.25, -0.2) is 10.2 Å². The summed E-state index contributed by atoms with van der Waals surface area (Å²) in [5.41, 5.74) is 3.75. The second kappa shape index (κ2) is 7.96. The van der Waals surface area contributed by atoms with Crippen LogP contribution in [0.3, 0.4) is 0 Å². The highest BCUT2D eigenvalue weighted by Crippen LogP contribution is 2.16. The van der Waals surface area contributed by atoms with Gasteiger partial charge >= 0.3 is 5.69 Å². The summed E-state index contributed by atoms with van der Waals surface area (Å²) in [7, 11) is 3.25. The zero-order valence-electron chi connectivity index (χ0n) is 16.3. The van der Waals surface area contributed by atoms with Crippen LogP contribution in [0.25, 0.3) is 11.2 Å². The van der Waals surface area contributed by atoms with Crippen molar-refractivity contribution in [2.24, 2.45) is 19.2 Å². The number of rotatable bonds is 5. The Morgan fingerprint density at radius 3 is 2.60 bits per heavy atom. The number of aromatic nitrogens is 5. The van der Waals surface area contributed by atoms with E-state index in [0.29, 0.717) is 22.2 Å². The summed E-state index contributed by atoms with van der Waals surface area (Å²) >= 11 is 6.21. The van der Waals surface area contributed by atoms with Crippen LogP contribution in [-0.4, -0.2) is 29.9 Å². The molecule has 0 bridgehead atoms. The largest absolute Gasteiger partial charge is 0.332 e. The molecule has 0 unspecified atom stereocenters. The van der Waals surface area contributed by atoms with Gasteiger partial charge in [-0.1, -0.05) is 35.9 Å². The first-order valence-electron chi connectivity index (χ1n) is 9.07. The van der Waals surface area contributed by atoms with Crippen LogP contribution in [-0.2, 0) is 20.6 Å². The van der Waals surface area contributed by atoms with Gasteiger partial charge in [0.2, 0.25) is 5.95 Å². The number of hydrazone groups is 1. The molecule has 0 aliphatic heterocycles. The van der Waals surface area contributed by atoms with Crippen molar-refractivity contribution in [3.63, 3.8) is 0 Å². The van der Waals surface area contributed by atoms with Crippen LogP contribution in [0.5, 0.6) is 0 Å².